The van der Waals surface area contributed by atoms with Crippen LogP contribution in [0.3, 0.4) is 0 Å². The smallest absolute Gasteiger partial charge is 0.318 e. The van der Waals surface area contributed by atoms with E-state index in [1.807, 2.05) is 54.2 Å². The fourth-order valence-corrected chi connectivity index (χ4v) is 4.33. The number of aryl methyl sites for hydroxylation is 1. The first-order chi connectivity index (χ1) is 12.4. The van der Waals surface area contributed by atoms with Crippen LogP contribution in [0.2, 0.25) is 0 Å². The molecule has 0 amide bonds. The number of carboxylic acids is 1. The molecule has 0 radical (unpaired) electrons. The SMILES string of the molecule is Cn1ccc2cc(S(=O)(=O)N(CCc3ccccc3)CC(=O)O)ccc21. The lowest BCUT2D eigenvalue weighted by atomic mass is 10.1. The summed E-state index contributed by atoms with van der Waals surface area (Å²) >= 11 is 0. The number of aliphatic carboxylic acids is 1. The maximum atomic E-state index is 13.0. The van der Waals surface area contributed by atoms with Crippen molar-refractivity contribution in [1.82, 2.24) is 8.87 Å². The molecular formula is C19H20N2O4S. The first-order valence-electron chi connectivity index (χ1n) is 8.19. The summed E-state index contributed by atoms with van der Waals surface area (Å²) in [7, 11) is -2.02. The number of hydrogen-bond donors (Lipinski definition) is 1. The van der Waals surface area contributed by atoms with Gasteiger partial charge in [-0.15, -0.1) is 0 Å². The standard InChI is InChI=1S/C19H20N2O4S/c1-20-11-10-16-13-17(7-8-18(16)20)26(24,25)21(14-19(22)23)12-9-15-5-3-2-4-6-15/h2-8,10-11,13H,9,12,14H2,1H3,(H,22,23). The van der Waals surface area contributed by atoms with Gasteiger partial charge in [0.25, 0.3) is 0 Å². The molecule has 26 heavy (non-hydrogen) atoms. The monoisotopic (exact) mass is 372 g/mol. The second-order valence-electron chi connectivity index (χ2n) is 6.12. The molecule has 1 N–H and O–H groups in total. The van der Waals surface area contributed by atoms with Gasteiger partial charge in [-0.05, 0) is 36.2 Å². The van der Waals surface area contributed by atoms with Gasteiger partial charge in [0, 0.05) is 30.7 Å². The number of hydrogen-bond acceptors (Lipinski definition) is 3. The lowest BCUT2D eigenvalue weighted by molar-refractivity contribution is -0.137. The molecule has 0 saturated heterocycles. The van der Waals surface area contributed by atoms with E-state index in [9.17, 15) is 13.2 Å². The van der Waals surface area contributed by atoms with E-state index < -0.39 is 22.5 Å². The minimum Gasteiger partial charge on any atom is -0.480 e. The van der Waals surface area contributed by atoms with E-state index in [1.54, 1.807) is 12.1 Å². The van der Waals surface area contributed by atoms with Gasteiger partial charge in [0.1, 0.15) is 6.54 Å². The summed E-state index contributed by atoms with van der Waals surface area (Å²) in [6.07, 6.45) is 2.30. The molecular weight excluding hydrogens is 352 g/mol. The minimum absolute atomic E-state index is 0.102. The van der Waals surface area contributed by atoms with E-state index in [4.69, 9.17) is 5.11 Å². The van der Waals surface area contributed by atoms with Gasteiger partial charge in [0.15, 0.2) is 0 Å². The Morgan fingerprint density at radius 3 is 2.54 bits per heavy atom. The fraction of sp³-hybridized carbons (Fsp3) is 0.211. The van der Waals surface area contributed by atoms with Crippen molar-refractivity contribution in [2.24, 2.45) is 7.05 Å². The third kappa shape index (κ3) is 3.79. The molecule has 0 atom stereocenters. The average molecular weight is 372 g/mol. The number of carboxylic acid groups (broad SMARTS) is 1. The lowest BCUT2D eigenvalue weighted by Crippen LogP contribution is -2.37. The van der Waals surface area contributed by atoms with Gasteiger partial charge >= 0.3 is 5.97 Å². The highest BCUT2D eigenvalue weighted by molar-refractivity contribution is 7.89. The molecule has 0 bridgehead atoms. The topological polar surface area (TPSA) is 79.6 Å². The lowest BCUT2D eigenvalue weighted by Gasteiger charge is -2.20. The first-order valence-corrected chi connectivity index (χ1v) is 9.63. The van der Waals surface area contributed by atoms with Gasteiger partial charge in [-0.1, -0.05) is 30.3 Å². The van der Waals surface area contributed by atoms with Gasteiger partial charge in [-0.2, -0.15) is 4.31 Å². The largest absolute Gasteiger partial charge is 0.480 e. The molecule has 3 aromatic rings. The van der Waals surface area contributed by atoms with E-state index in [-0.39, 0.29) is 11.4 Å². The number of carbonyl (C=O) groups is 1. The molecule has 0 aliphatic carbocycles. The number of nitrogens with zero attached hydrogens (tertiary/aromatic N) is 2. The van der Waals surface area contributed by atoms with E-state index in [1.165, 1.54) is 6.07 Å². The summed E-state index contributed by atoms with van der Waals surface area (Å²) in [5, 5.41) is 9.96. The molecule has 0 unspecified atom stereocenters. The molecule has 3 rings (SSSR count). The second-order valence-corrected chi connectivity index (χ2v) is 8.05. The maximum absolute atomic E-state index is 13.0. The number of benzene rings is 2. The Balaban J connectivity index is 1.90. The van der Waals surface area contributed by atoms with Crippen molar-refractivity contribution in [3.63, 3.8) is 0 Å². The molecule has 136 valence electrons. The predicted octanol–water partition coefficient (Wildman–Crippen LogP) is 2.50. The van der Waals surface area contributed by atoms with Crippen molar-refractivity contribution in [1.29, 1.82) is 0 Å². The fourth-order valence-electron chi connectivity index (χ4n) is 2.90. The van der Waals surface area contributed by atoms with Crippen LogP contribution < -0.4 is 0 Å². The van der Waals surface area contributed by atoms with Crippen molar-refractivity contribution < 1.29 is 18.3 Å². The first kappa shape index (κ1) is 18.2. The Labute approximate surface area is 152 Å². The van der Waals surface area contributed by atoms with E-state index >= 15 is 0 Å². The Morgan fingerprint density at radius 1 is 1.12 bits per heavy atom. The molecule has 0 aliphatic rings. The Kier molecular flexibility index (Phi) is 5.11. The molecule has 2 aromatic carbocycles. The quantitative estimate of drug-likeness (QED) is 0.691. The summed E-state index contributed by atoms with van der Waals surface area (Å²) in [6, 6.07) is 16.1. The third-order valence-electron chi connectivity index (χ3n) is 4.30. The summed E-state index contributed by atoms with van der Waals surface area (Å²) in [6.45, 7) is -0.465. The van der Waals surface area contributed by atoms with Crippen molar-refractivity contribution in [3.8, 4) is 0 Å². The highest BCUT2D eigenvalue weighted by Gasteiger charge is 2.26. The highest BCUT2D eigenvalue weighted by Crippen LogP contribution is 2.22. The minimum atomic E-state index is -3.91. The Bertz CT molecular complexity index is 1030. The third-order valence-corrected chi connectivity index (χ3v) is 6.14. The normalized spacial score (nSPS) is 11.9. The van der Waals surface area contributed by atoms with Gasteiger partial charge in [0.2, 0.25) is 10.0 Å². The Morgan fingerprint density at radius 2 is 1.85 bits per heavy atom. The zero-order valence-electron chi connectivity index (χ0n) is 14.4. The molecule has 0 spiro atoms. The number of rotatable bonds is 7. The van der Waals surface area contributed by atoms with Crippen molar-refractivity contribution in [2.45, 2.75) is 11.3 Å². The van der Waals surface area contributed by atoms with Crippen molar-refractivity contribution in [2.75, 3.05) is 13.1 Å². The summed E-state index contributed by atoms with van der Waals surface area (Å²) in [4.78, 5) is 11.3. The molecule has 1 heterocycles. The zero-order chi connectivity index (χ0) is 18.7. The van der Waals surface area contributed by atoms with Crippen LogP contribution in [0.5, 0.6) is 0 Å². The van der Waals surface area contributed by atoms with Crippen LogP contribution in [-0.2, 0) is 28.3 Å². The molecule has 0 saturated carbocycles. The van der Waals surface area contributed by atoms with Crippen LogP contribution in [0, 0.1) is 0 Å². The highest BCUT2D eigenvalue weighted by atomic mass is 32.2. The van der Waals surface area contributed by atoms with E-state index in [2.05, 4.69) is 0 Å². The predicted molar refractivity (Wildman–Crippen MR) is 99.5 cm³/mol. The van der Waals surface area contributed by atoms with Crippen LogP contribution in [0.15, 0.2) is 65.7 Å². The molecule has 0 aliphatic heterocycles. The molecule has 6 nitrogen and oxygen atoms in total. The number of sulfonamides is 1. The van der Waals surface area contributed by atoms with Crippen LogP contribution in [0.4, 0.5) is 0 Å². The second kappa shape index (κ2) is 7.31. The molecule has 0 fully saturated rings. The van der Waals surface area contributed by atoms with E-state index in [0.29, 0.717) is 6.42 Å². The van der Waals surface area contributed by atoms with Crippen LogP contribution >= 0.6 is 0 Å². The molecule has 1 aromatic heterocycles. The van der Waals surface area contributed by atoms with Gasteiger partial charge in [-0.3, -0.25) is 4.79 Å². The van der Waals surface area contributed by atoms with Crippen LogP contribution in [0.25, 0.3) is 10.9 Å². The number of fused-ring (bicyclic) bond motifs is 1. The van der Waals surface area contributed by atoms with Crippen LogP contribution in [-0.4, -0.2) is 41.5 Å². The zero-order valence-corrected chi connectivity index (χ0v) is 15.2. The summed E-state index contributed by atoms with van der Waals surface area (Å²) < 4.78 is 28.9. The van der Waals surface area contributed by atoms with Gasteiger partial charge < -0.3 is 9.67 Å². The molecule has 7 heteroatoms. The average Bonchev–Trinajstić information content (AvgIpc) is 2.99. The van der Waals surface area contributed by atoms with E-state index in [0.717, 1.165) is 20.8 Å². The van der Waals surface area contributed by atoms with Crippen molar-refractivity contribution in [3.05, 3.63) is 66.4 Å². The summed E-state index contributed by atoms with van der Waals surface area (Å²) in [5.74, 6) is -1.18. The Hall–Kier alpha value is -2.64. The van der Waals surface area contributed by atoms with Crippen molar-refractivity contribution >= 4 is 26.9 Å². The maximum Gasteiger partial charge on any atom is 0.318 e. The summed E-state index contributed by atoms with van der Waals surface area (Å²) in [5.41, 5.74) is 1.87. The number of aromatic nitrogens is 1. The van der Waals surface area contributed by atoms with Gasteiger partial charge in [-0.25, -0.2) is 8.42 Å². The van der Waals surface area contributed by atoms with Gasteiger partial charge in [0.05, 0.1) is 4.90 Å². The van der Waals surface area contributed by atoms with Crippen LogP contribution in [0.1, 0.15) is 5.56 Å².